The Balaban J connectivity index is 2.06. The van der Waals surface area contributed by atoms with Crippen LogP contribution < -0.4 is 11.1 Å². The van der Waals surface area contributed by atoms with Gasteiger partial charge in [0.05, 0.1) is 5.54 Å². The molecule has 0 aliphatic heterocycles. The molecule has 1 saturated carbocycles. The average Bonchev–Trinajstić information content (AvgIpc) is 2.87. The van der Waals surface area contributed by atoms with Crippen LogP contribution in [0, 0.1) is 0 Å². The Kier molecular flexibility index (Phi) is 4.59. The second-order valence-corrected chi connectivity index (χ2v) is 5.72. The van der Waals surface area contributed by atoms with E-state index in [4.69, 9.17) is 5.73 Å². The van der Waals surface area contributed by atoms with Gasteiger partial charge in [-0.25, -0.2) is 0 Å². The first-order valence-electron chi connectivity index (χ1n) is 7.24. The van der Waals surface area contributed by atoms with Crippen molar-refractivity contribution in [2.75, 3.05) is 0 Å². The zero-order valence-corrected chi connectivity index (χ0v) is 11.7. The topological polar surface area (TPSA) is 55.1 Å². The van der Waals surface area contributed by atoms with E-state index in [1.165, 1.54) is 18.4 Å². The van der Waals surface area contributed by atoms with Crippen LogP contribution in [-0.4, -0.2) is 11.9 Å². The summed E-state index contributed by atoms with van der Waals surface area (Å²) in [5.41, 5.74) is 6.81. The van der Waals surface area contributed by atoms with E-state index in [-0.39, 0.29) is 17.5 Å². The van der Waals surface area contributed by atoms with E-state index in [2.05, 4.69) is 17.4 Å². The summed E-state index contributed by atoms with van der Waals surface area (Å²) in [6, 6.07) is 10.4. The van der Waals surface area contributed by atoms with Crippen LogP contribution in [-0.2, 0) is 10.3 Å². The van der Waals surface area contributed by atoms with Crippen molar-refractivity contribution in [3.05, 3.63) is 35.9 Å². The minimum absolute atomic E-state index is 0.0852. The molecule has 1 atom stereocenters. The standard InChI is InChI=1S/C16H24N2O/c1-13(17)9-10-15(19)18-16(11-5-6-12-16)14-7-3-2-4-8-14/h2-4,7-8,13H,5-6,9-12,17H2,1H3,(H,18,19). The number of hydrogen-bond acceptors (Lipinski definition) is 2. The van der Waals surface area contributed by atoms with Crippen LogP contribution in [0.5, 0.6) is 0 Å². The molecule has 1 unspecified atom stereocenters. The van der Waals surface area contributed by atoms with E-state index in [1.807, 2.05) is 25.1 Å². The van der Waals surface area contributed by atoms with Crippen LogP contribution in [0.4, 0.5) is 0 Å². The van der Waals surface area contributed by atoms with Crippen molar-refractivity contribution in [1.29, 1.82) is 0 Å². The highest BCUT2D eigenvalue weighted by Gasteiger charge is 2.36. The zero-order chi connectivity index (χ0) is 13.7. The molecule has 3 N–H and O–H groups in total. The van der Waals surface area contributed by atoms with Crippen molar-refractivity contribution in [3.8, 4) is 0 Å². The normalized spacial score (nSPS) is 19.1. The lowest BCUT2D eigenvalue weighted by atomic mass is 9.88. The lowest BCUT2D eigenvalue weighted by Gasteiger charge is -2.31. The Bertz CT molecular complexity index is 408. The van der Waals surface area contributed by atoms with Crippen molar-refractivity contribution < 1.29 is 4.79 Å². The summed E-state index contributed by atoms with van der Waals surface area (Å²) in [6.45, 7) is 1.94. The molecule has 19 heavy (non-hydrogen) atoms. The Labute approximate surface area is 115 Å². The molecule has 0 spiro atoms. The van der Waals surface area contributed by atoms with Crippen molar-refractivity contribution in [2.24, 2.45) is 5.73 Å². The van der Waals surface area contributed by atoms with E-state index in [0.717, 1.165) is 19.3 Å². The van der Waals surface area contributed by atoms with Gasteiger partial charge in [-0.2, -0.15) is 0 Å². The number of benzene rings is 1. The summed E-state index contributed by atoms with van der Waals surface area (Å²) in [7, 11) is 0. The van der Waals surface area contributed by atoms with Gasteiger partial charge in [0.25, 0.3) is 0 Å². The van der Waals surface area contributed by atoms with Gasteiger partial charge < -0.3 is 11.1 Å². The largest absolute Gasteiger partial charge is 0.347 e. The highest BCUT2D eigenvalue weighted by Crippen LogP contribution is 2.38. The molecular weight excluding hydrogens is 236 g/mol. The third-order valence-corrected chi connectivity index (χ3v) is 3.99. The summed E-state index contributed by atoms with van der Waals surface area (Å²) in [5.74, 6) is 0.128. The molecule has 2 rings (SSSR count). The molecule has 104 valence electrons. The third kappa shape index (κ3) is 3.57. The molecule has 0 radical (unpaired) electrons. The van der Waals surface area contributed by atoms with E-state index in [9.17, 15) is 4.79 Å². The highest BCUT2D eigenvalue weighted by atomic mass is 16.1. The number of nitrogens with one attached hydrogen (secondary N) is 1. The fourth-order valence-corrected chi connectivity index (χ4v) is 2.91. The maximum absolute atomic E-state index is 12.1. The average molecular weight is 260 g/mol. The Morgan fingerprint density at radius 2 is 1.95 bits per heavy atom. The molecular formula is C16H24N2O. The summed E-state index contributed by atoms with van der Waals surface area (Å²) >= 11 is 0. The molecule has 0 aromatic heterocycles. The van der Waals surface area contributed by atoms with Crippen LogP contribution in [0.1, 0.15) is 51.0 Å². The zero-order valence-electron chi connectivity index (χ0n) is 11.7. The first kappa shape index (κ1) is 14.1. The second-order valence-electron chi connectivity index (χ2n) is 5.72. The SMILES string of the molecule is CC(N)CCC(=O)NC1(c2ccccc2)CCCC1. The molecule has 1 aliphatic rings. The van der Waals surface area contributed by atoms with Crippen LogP contribution in [0.2, 0.25) is 0 Å². The van der Waals surface area contributed by atoms with Gasteiger partial charge in [-0.1, -0.05) is 43.2 Å². The van der Waals surface area contributed by atoms with Crippen molar-refractivity contribution in [3.63, 3.8) is 0 Å². The lowest BCUT2D eigenvalue weighted by Crippen LogP contribution is -2.44. The van der Waals surface area contributed by atoms with Crippen LogP contribution in [0.3, 0.4) is 0 Å². The van der Waals surface area contributed by atoms with E-state index >= 15 is 0 Å². The van der Waals surface area contributed by atoms with Crippen LogP contribution in [0.25, 0.3) is 0 Å². The summed E-state index contributed by atoms with van der Waals surface area (Å²) < 4.78 is 0. The Hall–Kier alpha value is -1.35. The lowest BCUT2D eigenvalue weighted by molar-refractivity contribution is -0.123. The maximum atomic E-state index is 12.1. The van der Waals surface area contributed by atoms with Gasteiger partial charge in [-0.3, -0.25) is 4.79 Å². The second kappa shape index (κ2) is 6.20. The fourth-order valence-electron chi connectivity index (χ4n) is 2.91. The number of carbonyl (C=O) groups excluding carboxylic acids is 1. The first-order chi connectivity index (χ1) is 9.12. The van der Waals surface area contributed by atoms with E-state index in [1.54, 1.807) is 0 Å². The summed E-state index contributed by atoms with van der Waals surface area (Å²) in [5, 5.41) is 3.27. The smallest absolute Gasteiger partial charge is 0.220 e. The van der Waals surface area contributed by atoms with Gasteiger partial charge in [0.1, 0.15) is 0 Å². The quantitative estimate of drug-likeness (QED) is 0.855. The van der Waals surface area contributed by atoms with Crippen molar-refractivity contribution in [1.82, 2.24) is 5.32 Å². The number of rotatable bonds is 5. The maximum Gasteiger partial charge on any atom is 0.220 e. The minimum Gasteiger partial charge on any atom is -0.347 e. The number of carbonyl (C=O) groups is 1. The molecule has 0 heterocycles. The molecule has 0 saturated heterocycles. The van der Waals surface area contributed by atoms with Gasteiger partial charge in [-0.15, -0.1) is 0 Å². The summed E-state index contributed by atoms with van der Waals surface area (Å²) in [6.07, 6.45) is 5.72. The van der Waals surface area contributed by atoms with Gasteiger partial charge in [0, 0.05) is 12.5 Å². The molecule has 1 fully saturated rings. The van der Waals surface area contributed by atoms with Gasteiger partial charge >= 0.3 is 0 Å². The fraction of sp³-hybridized carbons (Fsp3) is 0.562. The van der Waals surface area contributed by atoms with E-state index < -0.39 is 0 Å². The van der Waals surface area contributed by atoms with Crippen LogP contribution >= 0.6 is 0 Å². The van der Waals surface area contributed by atoms with Crippen molar-refractivity contribution >= 4 is 5.91 Å². The first-order valence-corrected chi connectivity index (χ1v) is 7.24. The molecule has 0 bridgehead atoms. The predicted octanol–water partition coefficient (Wildman–Crippen LogP) is 2.70. The number of amides is 1. The molecule has 3 nitrogen and oxygen atoms in total. The summed E-state index contributed by atoms with van der Waals surface area (Å²) in [4.78, 5) is 12.1. The van der Waals surface area contributed by atoms with Crippen molar-refractivity contribution in [2.45, 2.75) is 57.0 Å². The number of nitrogens with two attached hydrogens (primary N) is 1. The van der Waals surface area contributed by atoms with Gasteiger partial charge in [0.2, 0.25) is 5.91 Å². The van der Waals surface area contributed by atoms with Gasteiger partial charge in [0.15, 0.2) is 0 Å². The highest BCUT2D eigenvalue weighted by molar-refractivity contribution is 5.77. The molecule has 1 amide bonds. The molecule has 1 aromatic rings. The van der Waals surface area contributed by atoms with E-state index in [0.29, 0.717) is 6.42 Å². The third-order valence-electron chi connectivity index (χ3n) is 3.99. The monoisotopic (exact) mass is 260 g/mol. The van der Waals surface area contributed by atoms with Crippen LogP contribution in [0.15, 0.2) is 30.3 Å². The Morgan fingerprint density at radius 1 is 1.32 bits per heavy atom. The molecule has 3 heteroatoms. The minimum atomic E-state index is -0.143. The molecule has 1 aromatic carbocycles. The van der Waals surface area contributed by atoms with Gasteiger partial charge in [-0.05, 0) is 31.7 Å². The molecule has 1 aliphatic carbocycles. The number of hydrogen-bond donors (Lipinski definition) is 2. The predicted molar refractivity (Wildman–Crippen MR) is 77.6 cm³/mol. The Morgan fingerprint density at radius 3 is 2.53 bits per heavy atom.